The summed E-state index contributed by atoms with van der Waals surface area (Å²) in [5.74, 6) is -4.10. The number of carbonyl (C=O) groups is 3. The smallest absolute Gasteiger partial charge is 0.338 e. The van der Waals surface area contributed by atoms with E-state index in [1.807, 2.05) is 0 Å². The highest BCUT2D eigenvalue weighted by Crippen LogP contribution is 2.51. The minimum atomic E-state index is -1.79. The lowest BCUT2D eigenvalue weighted by Gasteiger charge is -2.44. The molecule has 1 spiro atoms. The lowest BCUT2D eigenvalue weighted by Crippen LogP contribution is -2.60. The molecule has 2 saturated heterocycles. The van der Waals surface area contributed by atoms with E-state index >= 15 is 0 Å². The average molecular weight is 779 g/mol. The van der Waals surface area contributed by atoms with E-state index in [0.29, 0.717) is 5.56 Å². The van der Waals surface area contributed by atoms with Gasteiger partial charge in [-0.25, -0.2) is 14.4 Å². The van der Waals surface area contributed by atoms with E-state index < -0.39 is 122 Å². The van der Waals surface area contributed by atoms with E-state index in [4.69, 9.17) is 37.9 Å². The van der Waals surface area contributed by atoms with E-state index in [1.165, 1.54) is 44.4 Å². The van der Waals surface area contributed by atoms with Gasteiger partial charge in [0.05, 0.1) is 43.6 Å². The molecule has 0 aromatic heterocycles. The van der Waals surface area contributed by atoms with E-state index in [2.05, 4.69) is 0 Å². The van der Waals surface area contributed by atoms with Crippen LogP contribution in [0.4, 0.5) is 0 Å². The van der Waals surface area contributed by atoms with Crippen molar-refractivity contribution < 1.29 is 93.1 Å². The van der Waals surface area contributed by atoms with Crippen LogP contribution in [0.15, 0.2) is 66.0 Å². The van der Waals surface area contributed by atoms with Crippen LogP contribution in [0, 0.1) is 11.8 Å². The molecule has 55 heavy (non-hydrogen) atoms. The normalized spacial score (nSPS) is 38.8. The predicted molar refractivity (Wildman–Crippen MR) is 178 cm³/mol. The monoisotopic (exact) mass is 778 g/mol. The van der Waals surface area contributed by atoms with Gasteiger partial charge in [-0.05, 0) is 42.8 Å². The number of esters is 3. The molecule has 0 amide bonds. The van der Waals surface area contributed by atoms with Gasteiger partial charge in [0, 0.05) is 12.0 Å². The van der Waals surface area contributed by atoms with Gasteiger partial charge >= 0.3 is 17.9 Å². The Morgan fingerprint density at radius 2 is 1.49 bits per heavy atom. The Morgan fingerprint density at radius 1 is 0.873 bits per heavy atom. The summed E-state index contributed by atoms with van der Waals surface area (Å²) in [6.45, 7) is 0.110. The van der Waals surface area contributed by atoms with E-state index in [0.717, 1.165) is 12.3 Å². The first-order valence-corrected chi connectivity index (χ1v) is 17.2. The zero-order valence-electron chi connectivity index (χ0n) is 29.3. The topological polar surface area (TPSA) is 287 Å². The summed E-state index contributed by atoms with van der Waals surface area (Å²) in [6.07, 6.45) is -9.86. The van der Waals surface area contributed by atoms with Gasteiger partial charge in [0.25, 0.3) is 0 Å². The number of aliphatic hydroxyl groups excluding tert-OH is 8. The van der Waals surface area contributed by atoms with Crippen molar-refractivity contribution in [1.82, 2.24) is 0 Å². The van der Waals surface area contributed by atoms with Crippen LogP contribution in [0.25, 0.3) is 6.08 Å². The molecule has 0 unspecified atom stereocenters. The molecule has 19 heteroatoms. The third-order valence-corrected chi connectivity index (χ3v) is 10.0. The highest BCUT2D eigenvalue weighted by Gasteiger charge is 2.60. The first-order chi connectivity index (χ1) is 26.2. The SMILES string of the molecule is COC(=O)C1=CO[C@@H](O[C@@H]2O[C@H](CO)[C@@H](O)[C@H](O)[C@H]2O)[C@H]2[C@@H]1C=C[C@@]21C=C([C@H](C)OC(=O)/C=C/c2ccc(O[C@@H]3O[C@H](CO)[C@@H](O)[C@H](O)[C@H]3O)cc2)C(=O)O1. The van der Waals surface area contributed by atoms with Crippen molar-refractivity contribution in [3.05, 3.63) is 71.5 Å². The first kappa shape index (κ1) is 40.4. The fourth-order valence-corrected chi connectivity index (χ4v) is 6.96. The largest absolute Gasteiger partial charge is 0.471 e. The summed E-state index contributed by atoms with van der Waals surface area (Å²) < 4.78 is 44.3. The fraction of sp³-hybridized carbons (Fsp3) is 0.528. The molecule has 5 aliphatic rings. The first-order valence-electron chi connectivity index (χ1n) is 17.2. The zero-order chi connectivity index (χ0) is 39.8. The fourth-order valence-electron chi connectivity index (χ4n) is 6.96. The zero-order valence-corrected chi connectivity index (χ0v) is 29.3. The van der Waals surface area contributed by atoms with Gasteiger partial charge in [0.15, 0.2) is 11.9 Å². The number of hydrogen-bond acceptors (Lipinski definition) is 19. The molecule has 2 fully saturated rings. The van der Waals surface area contributed by atoms with E-state index in [9.17, 15) is 55.2 Å². The summed E-state index contributed by atoms with van der Waals surface area (Å²) in [7, 11) is 1.17. The number of hydrogen-bond donors (Lipinski definition) is 8. The lowest BCUT2D eigenvalue weighted by molar-refractivity contribution is -0.344. The van der Waals surface area contributed by atoms with Crippen LogP contribution >= 0.6 is 0 Å². The van der Waals surface area contributed by atoms with Gasteiger partial charge in [0.2, 0.25) is 12.6 Å². The Balaban J connectivity index is 1.13. The molecule has 4 aliphatic heterocycles. The van der Waals surface area contributed by atoms with Crippen LogP contribution in [0.2, 0.25) is 0 Å². The van der Waals surface area contributed by atoms with Crippen molar-refractivity contribution in [3.8, 4) is 5.75 Å². The van der Waals surface area contributed by atoms with Crippen molar-refractivity contribution in [2.75, 3.05) is 20.3 Å². The van der Waals surface area contributed by atoms with Crippen LogP contribution < -0.4 is 4.74 Å². The minimum Gasteiger partial charge on any atom is -0.471 e. The Bertz CT molecular complexity index is 1700. The number of allylic oxidation sites excluding steroid dienone is 1. The van der Waals surface area contributed by atoms with Crippen molar-refractivity contribution in [3.63, 3.8) is 0 Å². The maximum Gasteiger partial charge on any atom is 0.338 e. The van der Waals surface area contributed by atoms with Crippen LogP contribution in [0.1, 0.15) is 12.5 Å². The van der Waals surface area contributed by atoms with Gasteiger partial charge in [0.1, 0.15) is 60.7 Å². The van der Waals surface area contributed by atoms with Crippen molar-refractivity contribution in [2.24, 2.45) is 11.8 Å². The van der Waals surface area contributed by atoms with Crippen molar-refractivity contribution >= 4 is 24.0 Å². The Labute approximate surface area is 312 Å². The number of aliphatic hydroxyl groups is 8. The number of benzene rings is 1. The van der Waals surface area contributed by atoms with Gasteiger partial charge in [-0.1, -0.05) is 18.2 Å². The second-order valence-electron chi connectivity index (χ2n) is 13.5. The van der Waals surface area contributed by atoms with Gasteiger partial charge in [-0.3, -0.25) is 0 Å². The molecule has 15 atom stereocenters. The molecule has 300 valence electrons. The average Bonchev–Trinajstić information content (AvgIpc) is 3.73. The number of fused-ring (bicyclic) bond motifs is 2. The molecule has 0 radical (unpaired) electrons. The highest BCUT2D eigenvalue weighted by atomic mass is 16.8. The number of methoxy groups -OCH3 is 1. The minimum absolute atomic E-state index is 0.0465. The van der Waals surface area contributed by atoms with Gasteiger partial charge < -0.3 is 78.7 Å². The molecular formula is C36H42O19. The van der Waals surface area contributed by atoms with Crippen LogP contribution in [-0.2, 0) is 47.5 Å². The maximum atomic E-state index is 13.3. The van der Waals surface area contributed by atoms with Crippen LogP contribution in [-0.4, -0.2) is 158 Å². The van der Waals surface area contributed by atoms with E-state index in [-0.39, 0.29) is 16.9 Å². The van der Waals surface area contributed by atoms with Gasteiger partial charge in [-0.2, -0.15) is 0 Å². The number of ether oxygens (including phenoxy) is 8. The van der Waals surface area contributed by atoms with Crippen molar-refractivity contribution in [1.29, 1.82) is 0 Å². The highest BCUT2D eigenvalue weighted by molar-refractivity contribution is 5.95. The molecule has 19 nitrogen and oxygen atoms in total. The number of carbonyl (C=O) groups excluding carboxylic acids is 3. The second-order valence-corrected chi connectivity index (χ2v) is 13.5. The Hall–Kier alpha value is -4.25. The summed E-state index contributed by atoms with van der Waals surface area (Å²) in [5.41, 5.74) is -1.12. The quantitative estimate of drug-likeness (QED) is 0.0483. The molecule has 0 bridgehead atoms. The van der Waals surface area contributed by atoms with Crippen molar-refractivity contribution in [2.45, 2.75) is 86.3 Å². The Morgan fingerprint density at radius 3 is 2.11 bits per heavy atom. The Kier molecular flexibility index (Phi) is 12.1. The molecule has 1 aromatic carbocycles. The molecule has 0 saturated carbocycles. The molecular weight excluding hydrogens is 736 g/mol. The van der Waals surface area contributed by atoms with E-state index in [1.54, 1.807) is 18.2 Å². The molecule has 4 heterocycles. The molecule has 1 aromatic rings. The van der Waals surface area contributed by atoms with Gasteiger partial charge in [-0.15, -0.1) is 0 Å². The number of rotatable bonds is 11. The summed E-state index contributed by atoms with van der Waals surface area (Å²) >= 11 is 0. The molecule has 6 rings (SSSR count). The molecule has 8 N–H and O–H groups in total. The van der Waals surface area contributed by atoms with Crippen LogP contribution in [0.3, 0.4) is 0 Å². The lowest BCUT2D eigenvalue weighted by atomic mass is 9.78. The molecule has 1 aliphatic carbocycles. The summed E-state index contributed by atoms with van der Waals surface area (Å²) in [4.78, 5) is 38.8. The second kappa shape index (κ2) is 16.5. The third kappa shape index (κ3) is 7.91. The van der Waals surface area contributed by atoms with Crippen LogP contribution in [0.5, 0.6) is 5.75 Å². The summed E-state index contributed by atoms with van der Waals surface area (Å²) in [5, 5.41) is 80.2. The predicted octanol–water partition coefficient (Wildman–Crippen LogP) is -2.94. The summed E-state index contributed by atoms with van der Waals surface area (Å²) in [6, 6.07) is 6.09. The standard InChI is InChI=1S/C36H42O19/c1-15(50-23(39)8-5-16-3-6-17(7-4-16)51-34-29(44)27(42)25(40)21(12-37)52-34)19-11-36(55-32(19)47)10-9-18-20(31(46)48-2)14-49-33(24(18)36)54-35-30(45)28(43)26(41)22(13-38)53-35/h3-11,14-15,18,21-22,24-30,33-35,37-38,40-45H,12-13H2,1-2H3/b8-5+/t15-,18+,21+,22+,24+,25+,26+,27-,28-,29+,30+,33-,34+,35-,36+/m0/s1. The third-order valence-electron chi connectivity index (χ3n) is 10.0. The maximum absolute atomic E-state index is 13.3.